The van der Waals surface area contributed by atoms with Gasteiger partial charge in [0, 0.05) is 17.7 Å². The van der Waals surface area contributed by atoms with Crippen LogP contribution in [0.15, 0.2) is 12.4 Å². The molecule has 0 aliphatic heterocycles. The van der Waals surface area contributed by atoms with Crippen LogP contribution in [0.5, 0.6) is 0 Å². The summed E-state index contributed by atoms with van der Waals surface area (Å²) in [5.41, 5.74) is 5.79. The van der Waals surface area contributed by atoms with E-state index >= 15 is 0 Å². The zero-order valence-corrected chi connectivity index (χ0v) is 10.1. The summed E-state index contributed by atoms with van der Waals surface area (Å²) in [4.78, 5) is 10.7. The zero-order valence-electron chi connectivity index (χ0n) is 10.1. The number of hydrogen-bond donors (Lipinski definition) is 3. The first-order chi connectivity index (χ1) is 7.89. The average Bonchev–Trinajstić information content (AvgIpc) is 2.64. The Labute approximate surface area is 99.8 Å². The summed E-state index contributed by atoms with van der Waals surface area (Å²) in [5.74, 6) is -0.418. The molecule has 2 unspecified atom stereocenters. The van der Waals surface area contributed by atoms with Crippen molar-refractivity contribution in [1.29, 1.82) is 0 Å². The molecule has 6 heteroatoms. The summed E-state index contributed by atoms with van der Waals surface area (Å²) >= 11 is 0. The van der Waals surface area contributed by atoms with E-state index < -0.39 is 5.91 Å². The monoisotopic (exact) mass is 238 g/mol. The number of carbonyl (C=O) groups excluding carboxylic acids is 1. The Balaban J connectivity index is 1.96. The number of aromatic nitrogens is 2. The van der Waals surface area contributed by atoms with Crippen molar-refractivity contribution in [3.05, 3.63) is 12.4 Å². The van der Waals surface area contributed by atoms with Crippen molar-refractivity contribution in [2.45, 2.75) is 39.0 Å². The van der Waals surface area contributed by atoms with E-state index in [1.807, 2.05) is 13.8 Å². The molecule has 94 valence electrons. The predicted octanol–water partition coefficient (Wildman–Crippen LogP) is -0.0603. The highest BCUT2D eigenvalue weighted by Crippen LogP contribution is 2.42. The smallest absolute Gasteiger partial charge is 0.239 e. The number of hydrogen-bond acceptors (Lipinski definition) is 4. The fraction of sp³-hybridized carbons (Fsp3) is 0.636. The number of carbonyl (C=O) groups is 1. The molecule has 1 saturated carbocycles. The van der Waals surface area contributed by atoms with Gasteiger partial charge in [-0.15, -0.1) is 0 Å². The quantitative estimate of drug-likeness (QED) is 0.685. The van der Waals surface area contributed by atoms with E-state index in [0.717, 1.165) is 12.1 Å². The molecule has 1 aromatic rings. The Kier molecular flexibility index (Phi) is 2.82. The van der Waals surface area contributed by atoms with Gasteiger partial charge in [0.15, 0.2) is 0 Å². The minimum absolute atomic E-state index is 0.0817. The van der Waals surface area contributed by atoms with Crippen molar-refractivity contribution in [2.75, 3.05) is 5.32 Å². The van der Waals surface area contributed by atoms with Crippen molar-refractivity contribution in [2.24, 2.45) is 11.1 Å². The predicted molar refractivity (Wildman–Crippen MR) is 63.2 cm³/mol. The van der Waals surface area contributed by atoms with E-state index in [9.17, 15) is 9.90 Å². The molecule has 0 spiro atoms. The van der Waals surface area contributed by atoms with E-state index in [1.165, 1.54) is 4.68 Å². The van der Waals surface area contributed by atoms with Crippen LogP contribution in [0.4, 0.5) is 5.69 Å². The van der Waals surface area contributed by atoms with Gasteiger partial charge in [0.1, 0.15) is 6.54 Å². The fourth-order valence-corrected chi connectivity index (χ4v) is 2.03. The van der Waals surface area contributed by atoms with Gasteiger partial charge in [-0.1, -0.05) is 13.8 Å². The van der Waals surface area contributed by atoms with Crippen LogP contribution in [-0.4, -0.2) is 32.9 Å². The summed E-state index contributed by atoms with van der Waals surface area (Å²) in [5, 5.41) is 16.9. The molecular formula is C11H18N4O2. The molecule has 17 heavy (non-hydrogen) atoms. The number of aliphatic hydroxyl groups excluding tert-OH is 1. The molecule has 0 aromatic carbocycles. The molecular weight excluding hydrogens is 220 g/mol. The maximum atomic E-state index is 10.7. The van der Waals surface area contributed by atoms with Gasteiger partial charge in [0.2, 0.25) is 5.91 Å². The molecule has 4 N–H and O–H groups in total. The van der Waals surface area contributed by atoms with Crippen LogP contribution in [0.25, 0.3) is 0 Å². The third-order valence-electron chi connectivity index (χ3n) is 3.51. The van der Waals surface area contributed by atoms with Gasteiger partial charge >= 0.3 is 0 Å². The fourth-order valence-electron chi connectivity index (χ4n) is 2.03. The average molecular weight is 238 g/mol. The summed E-state index contributed by atoms with van der Waals surface area (Å²) in [6.07, 6.45) is 3.86. The molecule has 2 atom stereocenters. The molecule has 0 saturated heterocycles. The van der Waals surface area contributed by atoms with Gasteiger partial charge in [0.05, 0.1) is 18.0 Å². The van der Waals surface area contributed by atoms with Gasteiger partial charge in [-0.05, 0) is 6.42 Å². The third kappa shape index (κ3) is 2.26. The Morgan fingerprint density at radius 2 is 2.47 bits per heavy atom. The molecule has 1 aromatic heterocycles. The van der Waals surface area contributed by atoms with Crippen molar-refractivity contribution < 1.29 is 9.90 Å². The van der Waals surface area contributed by atoms with E-state index in [-0.39, 0.29) is 24.1 Å². The van der Waals surface area contributed by atoms with Crippen molar-refractivity contribution >= 4 is 11.6 Å². The number of rotatable bonds is 4. The molecule has 1 aliphatic rings. The molecule has 6 nitrogen and oxygen atoms in total. The molecule has 2 rings (SSSR count). The number of amides is 1. The summed E-state index contributed by atoms with van der Waals surface area (Å²) in [6.45, 7) is 4.12. The lowest BCUT2D eigenvalue weighted by atomic mass is 9.64. The molecule has 1 aliphatic carbocycles. The minimum Gasteiger partial charge on any atom is -0.392 e. The van der Waals surface area contributed by atoms with Crippen molar-refractivity contribution in [3.8, 4) is 0 Å². The topological polar surface area (TPSA) is 93.2 Å². The first-order valence-electron chi connectivity index (χ1n) is 5.65. The van der Waals surface area contributed by atoms with Crippen LogP contribution < -0.4 is 11.1 Å². The summed E-state index contributed by atoms with van der Waals surface area (Å²) < 4.78 is 1.49. The van der Waals surface area contributed by atoms with Crippen LogP contribution in [-0.2, 0) is 11.3 Å². The Hall–Kier alpha value is -1.56. The van der Waals surface area contributed by atoms with Crippen LogP contribution >= 0.6 is 0 Å². The second-order valence-electron chi connectivity index (χ2n) is 5.16. The van der Waals surface area contributed by atoms with E-state index in [2.05, 4.69) is 10.4 Å². The maximum absolute atomic E-state index is 10.7. The molecule has 1 amide bonds. The van der Waals surface area contributed by atoms with E-state index in [4.69, 9.17) is 5.73 Å². The lowest BCUT2D eigenvalue weighted by Gasteiger charge is -2.49. The van der Waals surface area contributed by atoms with Crippen LogP contribution in [0.1, 0.15) is 20.3 Å². The van der Waals surface area contributed by atoms with Crippen LogP contribution in [0.3, 0.4) is 0 Å². The number of nitrogens with zero attached hydrogens (tertiary/aromatic N) is 2. The van der Waals surface area contributed by atoms with Crippen LogP contribution in [0, 0.1) is 5.41 Å². The highest BCUT2D eigenvalue weighted by molar-refractivity contribution is 5.73. The number of nitrogens with two attached hydrogens (primary N) is 1. The van der Waals surface area contributed by atoms with Gasteiger partial charge in [-0.3, -0.25) is 9.48 Å². The van der Waals surface area contributed by atoms with Crippen molar-refractivity contribution in [3.63, 3.8) is 0 Å². The van der Waals surface area contributed by atoms with E-state index in [0.29, 0.717) is 0 Å². The molecule has 0 bridgehead atoms. The Morgan fingerprint density at radius 1 is 1.76 bits per heavy atom. The zero-order chi connectivity index (χ0) is 12.6. The standard InChI is InChI=1S/C11H18N4O2/c1-11(2)8(3-9(11)16)14-7-4-13-15(5-7)6-10(12)17/h4-5,8-9,14,16H,3,6H2,1-2H3,(H2,12,17). The Bertz CT molecular complexity index is 427. The SMILES string of the molecule is CC1(C)C(O)CC1Nc1cnn(CC(N)=O)c1. The van der Waals surface area contributed by atoms with Gasteiger partial charge in [-0.2, -0.15) is 5.10 Å². The van der Waals surface area contributed by atoms with Crippen LogP contribution in [0.2, 0.25) is 0 Å². The third-order valence-corrected chi connectivity index (χ3v) is 3.51. The van der Waals surface area contributed by atoms with Gasteiger partial charge in [-0.25, -0.2) is 0 Å². The maximum Gasteiger partial charge on any atom is 0.239 e. The number of primary amides is 1. The highest BCUT2D eigenvalue weighted by atomic mass is 16.3. The normalized spacial score (nSPS) is 26.3. The molecule has 0 radical (unpaired) electrons. The Morgan fingerprint density at radius 3 is 3.00 bits per heavy atom. The van der Waals surface area contributed by atoms with Crippen molar-refractivity contribution in [1.82, 2.24) is 9.78 Å². The van der Waals surface area contributed by atoms with Gasteiger partial charge < -0.3 is 16.2 Å². The summed E-state index contributed by atoms with van der Waals surface area (Å²) in [7, 11) is 0. The second kappa shape index (κ2) is 4.03. The molecule has 1 fully saturated rings. The molecule has 1 heterocycles. The summed E-state index contributed by atoms with van der Waals surface area (Å²) in [6, 6.07) is 0.226. The lowest BCUT2D eigenvalue weighted by Crippen LogP contribution is -2.56. The first-order valence-corrected chi connectivity index (χ1v) is 5.65. The number of aliphatic hydroxyl groups is 1. The number of anilines is 1. The van der Waals surface area contributed by atoms with Gasteiger partial charge in [0.25, 0.3) is 0 Å². The minimum atomic E-state index is -0.418. The van der Waals surface area contributed by atoms with E-state index in [1.54, 1.807) is 12.4 Å². The lowest BCUT2D eigenvalue weighted by molar-refractivity contribution is -0.118. The number of nitrogens with one attached hydrogen (secondary N) is 1. The first kappa shape index (κ1) is 11.9. The second-order valence-corrected chi connectivity index (χ2v) is 5.16. The highest BCUT2D eigenvalue weighted by Gasteiger charge is 2.47. The largest absolute Gasteiger partial charge is 0.392 e.